The van der Waals surface area contributed by atoms with Gasteiger partial charge < -0.3 is 16.2 Å². The van der Waals surface area contributed by atoms with E-state index in [4.69, 9.17) is 10.8 Å². The van der Waals surface area contributed by atoms with Gasteiger partial charge in [0.15, 0.2) is 0 Å². The molecule has 0 aliphatic heterocycles. The summed E-state index contributed by atoms with van der Waals surface area (Å²) in [7, 11) is 0. The molecule has 0 aliphatic carbocycles. The summed E-state index contributed by atoms with van der Waals surface area (Å²) in [6.45, 7) is 0.654. The van der Waals surface area contributed by atoms with E-state index in [1.54, 1.807) is 6.07 Å². The first-order valence-corrected chi connectivity index (χ1v) is 4.54. The molecule has 15 heavy (non-hydrogen) atoms. The predicted octanol–water partition coefficient (Wildman–Crippen LogP) is 0.971. The molecule has 0 aliphatic rings. The Morgan fingerprint density at radius 2 is 2.27 bits per heavy atom. The van der Waals surface area contributed by atoms with E-state index in [2.05, 4.69) is 5.32 Å². The summed E-state index contributed by atoms with van der Waals surface area (Å²) in [5.74, 6) is 0. The van der Waals surface area contributed by atoms with Crippen LogP contribution in [0.3, 0.4) is 0 Å². The first-order valence-electron chi connectivity index (χ1n) is 4.54. The molecule has 0 unspecified atom stereocenters. The van der Waals surface area contributed by atoms with Gasteiger partial charge in [-0.15, -0.1) is 0 Å². The Morgan fingerprint density at radius 1 is 1.53 bits per heavy atom. The third-order valence-electron chi connectivity index (χ3n) is 1.89. The Labute approximate surface area is 86.9 Å². The van der Waals surface area contributed by atoms with Gasteiger partial charge in [0.25, 0.3) is 5.69 Å². The summed E-state index contributed by atoms with van der Waals surface area (Å²) in [6, 6.07) is 4.53. The molecule has 6 heteroatoms. The molecule has 0 spiro atoms. The van der Waals surface area contributed by atoms with Crippen molar-refractivity contribution < 1.29 is 10.0 Å². The largest absolute Gasteiger partial charge is 0.396 e. The molecule has 0 saturated heterocycles. The first-order chi connectivity index (χ1) is 7.15. The van der Waals surface area contributed by atoms with Crippen molar-refractivity contribution in [1.82, 2.24) is 0 Å². The molecule has 82 valence electrons. The molecule has 1 rings (SSSR count). The Kier molecular flexibility index (Phi) is 3.87. The normalized spacial score (nSPS) is 9.93. The average molecular weight is 211 g/mol. The number of rotatable bonds is 5. The maximum Gasteiger partial charge on any atom is 0.294 e. The molecular weight excluding hydrogens is 198 g/mol. The average Bonchev–Trinajstić information content (AvgIpc) is 2.20. The van der Waals surface area contributed by atoms with Crippen LogP contribution >= 0.6 is 0 Å². The standard InChI is InChI=1S/C9H13N3O3/c10-8-3-2-7(11-4-1-5-13)6-9(8)12(14)15/h2-3,6,11,13H,1,4-5,10H2. The fourth-order valence-electron chi connectivity index (χ4n) is 1.12. The topological polar surface area (TPSA) is 101 Å². The number of nitrogens with one attached hydrogen (secondary N) is 1. The molecule has 0 heterocycles. The fraction of sp³-hybridized carbons (Fsp3) is 0.333. The second-order valence-electron chi connectivity index (χ2n) is 3.03. The zero-order valence-electron chi connectivity index (χ0n) is 8.14. The smallest absolute Gasteiger partial charge is 0.294 e. The number of nitro benzene ring substituents is 1. The Hall–Kier alpha value is -1.82. The highest BCUT2D eigenvalue weighted by atomic mass is 16.6. The van der Waals surface area contributed by atoms with Crippen LogP contribution in [0.2, 0.25) is 0 Å². The van der Waals surface area contributed by atoms with Crippen LogP contribution in [-0.2, 0) is 0 Å². The highest BCUT2D eigenvalue weighted by Gasteiger charge is 2.11. The van der Waals surface area contributed by atoms with Gasteiger partial charge in [0.2, 0.25) is 0 Å². The summed E-state index contributed by atoms with van der Waals surface area (Å²) >= 11 is 0. The predicted molar refractivity (Wildman–Crippen MR) is 57.7 cm³/mol. The summed E-state index contributed by atoms with van der Waals surface area (Å²) in [4.78, 5) is 10.0. The van der Waals surface area contributed by atoms with E-state index in [1.807, 2.05) is 0 Å². The SMILES string of the molecule is Nc1ccc(NCCCO)cc1[N+](=O)[O-]. The zero-order chi connectivity index (χ0) is 11.3. The molecule has 4 N–H and O–H groups in total. The Bertz CT molecular complexity index is 354. The van der Waals surface area contributed by atoms with Gasteiger partial charge in [-0.2, -0.15) is 0 Å². The second-order valence-corrected chi connectivity index (χ2v) is 3.03. The van der Waals surface area contributed by atoms with Crippen molar-refractivity contribution in [2.24, 2.45) is 0 Å². The first kappa shape index (κ1) is 11.3. The fourth-order valence-corrected chi connectivity index (χ4v) is 1.12. The Balaban J connectivity index is 2.74. The zero-order valence-corrected chi connectivity index (χ0v) is 8.14. The minimum Gasteiger partial charge on any atom is -0.396 e. The lowest BCUT2D eigenvalue weighted by molar-refractivity contribution is -0.383. The molecule has 0 aromatic heterocycles. The van der Waals surface area contributed by atoms with E-state index in [1.165, 1.54) is 12.1 Å². The van der Waals surface area contributed by atoms with Crippen LogP contribution in [0, 0.1) is 10.1 Å². The van der Waals surface area contributed by atoms with E-state index in [9.17, 15) is 10.1 Å². The van der Waals surface area contributed by atoms with E-state index < -0.39 is 4.92 Å². The second kappa shape index (κ2) is 5.16. The van der Waals surface area contributed by atoms with Gasteiger partial charge in [-0.1, -0.05) is 0 Å². The van der Waals surface area contributed by atoms with Crippen LogP contribution < -0.4 is 11.1 Å². The lowest BCUT2D eigenvalue weighted by Crippen LogP contribution is -2.04. The van der Waals surface area contributed by atoms with Crippen LogP contribution in [0.25, 0.3) is 0 Å². The Morgan fingerprint density at radius 3 is 2.87 bits per heavy atom. The molecule has 0 atom stereocenters. The van der Waals surface area contributed by atoms with Crippen LogP contribution in [0.15, 0.2) is 18.2 Å². The van der Waals surface area contributed by atoms with E-state index in [0.717, 1.165) is 0 Å². The number of nitrogens with zero attached hydrogens (tertiary/aromatic N) is 1. The molecule has 0 saturated carbocycles. The molecule has 0 bridgehead atoms. The van der Waals surface area contributed by atoms with Crippen molar-refractivity contribution in [3.63, 3.8) is 0 Å². The van der Waals surface area contributed by atoms with Gasteiger partial charge in [0.1, 0.15) is 5.69 Å². The summed E-state index contributed by atoms with van der Waals surface area (Å²) < 4.78 is 0. The summed E-state index contributed by atoms with van der Waals surface area (Å²) in [6.07, 6.45) is 0.595. The lowest BCUT2D eigenvalue weighted by atomic mass is 10.2. The highest BCUT2D eigenvalue weighted by Crippen LogP contribution is 2.24. The van der Waals surface area contributed by atoms with E-state index >= 15 is 0 Å². The maximum atomic E-state index is 10.6. The van der Waals surface area contributed by atoms with Crippen molar-refractivity contribution in [3.8, 4) is 0 Å². The number of aliphatic hydroxyl groups excluding tert-OH is 1. The molecule has 0 radical (unpaired) electrons. The maximum absolute atomic E-state index is 10.6. The van der Waals surface area contributed by atoms with Crippen LogP contribution in [0.1, 0.15) is 6.42 Å². The number of nitrogen functional groups attached to an aromatic ring is 1. The minimum atomic E-state index is -0.521. The van der Waals surface area contributed by atoms with Gasteiger partial charge in [0.05, 0.1) is 4.92 Å². The van der Waals surface area contributed by atoms with E-state index in [0.29, 0.717) is 18.7 Å². The van der Waals surface area contributed by atoms with Gasteiger partial charge in [0, 0.05) is 24.9 Å². The minimum absolute atomic E-state index is 0.0874. The van der Waals surface area contributed by atoms with Gasteiger partial charge in [-0.25, -0.2) is 0 Å². The quantitative estimate of drug-likeness (QED) is 0.291. The number of hydrogen-bond donors (Lipinski definition) is 3. The number of hydrogen-bond acceptors (Lipinski definition) is 5. The monoisotopic (exact) mass is 211 g/mol. The lowest BCUT2D eigenvalue weighted by Gasteiger charge is -2.05. The van der Waals surface area contributed by atoms with Gasteiger partial charge in [-0.3, -0.25) is 10.1 Å². The van der Waals surface area contributed by atoms with E-state index in [-0.39, 0.29) is 18.0 Å². The molecule has 0 amide bonds. The number of anilines is 2. The number of nitrogens with two attached hydrogens (primary N) is 1. The number of aliphatic hydroxyl groups is 1. The van der Waals surface area contributed by atoms with Crippen molar-refractivity contribution >= 4 is 17.1 Å². The highest BCUT2D eigenvalue weighted by molar-refractivity contribution is 5.65. The van der Waals surface area contributed by atoms with Crippen molar-refractivity contribution in [1.29, 1.82) is 0 Å². The van der Waals surface area contributed by atoms with Crippen molar-refractivity contribution in [2.45, 2.75) is 6.42 Å². The van der Waals surface area contributed by atoms with Crippen molar-refractivity contribution in [2.75, 3.05) is 24.2 Å². The van der Waals surface area contributed by atoms with Gasteiger partial charge >= 0.3 is 0 Å². The molecule has 0 fully saturated rings. The molecule has 1 aromatic rings. The summed E-state index contributed by atoms with van der Waals surface area (Å²) in [5.41, 5.74) is 6.10. The van der Waals surface area contributed by atoms with Crippen LogP contribution in [0.5, 0.6) is 0 Å². The third-order valence-corrected chi connectivity index (χ3v) is 1.89. The third kappa shape index (κ3) is 3.10. The van der Waals surface area contributed by atoms with Gasteiger partial charge in [-0.05, 0) is 18.6 Å². The van der Waals surface area contributed by atoms with Crippen molar-refractivity contribution in [3.05, 3.63) is 28.3 Å². The number of benzene rings is 1. The molecule has 6 nitrogen and oxygen atoms in total. The van der Waals surface area contributed by atoms with Crippen LogP contribution in [0.4, 0.5) is 17.1 Å². The molecular formula is C9H13N3O3. The molecule has 1 aromatic carbocycles. The van der Waals surface area contributed by atoms with Crippen LogP contribution in [-0.4, -0.2) is 23.2 Å². The number of nitro groups is 1. The summed E-state index contributed by atoms with van der Waals surface area (Å²) in [5, 5.41) is 22.1.